The van der Waals surface area contributed by atoms with Crippen LogP contribution in [0.1, 0.15) is 73.6 Å². The second-order valence-electron chi connectivity index (χ2n) is 6.83. The van der Waals surface area contributed by atoms with Gasteiger partial charge in [0.25, 0.3) is 0 Å². The minimum absolute atomic E-state index is 0.364. The van der Waals surface area contributed by atoms with Gasteiger partial charge < -0.3 is 4.57 Å². The Bertz CT molecular complexity index is 492. The zero-order chi connectivity index (χ0) is 14.1. The number of carbonyl (C=O) groups is 1. The topological polar surface area (TPSA) is 22.0 Å². The number of hydrogen-bond donors (Lipinski definition) is 0. The molecule has 1 aromatic rings. The van der Waals surface area contributed by atoms with Gasteiger partial charge in [-0.3, -0.25) is 4.79 Å². The standard InChI is InChI=1S/C18H27NO/c1-3-14-7-9-15(10-8-14)12-19-13(2)11-16-17(19)5-4-6-18(16)20/h11,14-15H,3-10,12H2,1-2H3. The summed E-state index contributed by atoms with van der Waals surface area (Å²) in [7, 11) is 0. The predicted molar refractivity (Wildman–Crippen MR) is 82.2 cm³/mol. The molecule has 20 heavy (non-hydrogen) atoms. The maximum Gasteiger partial charge on any atom is 0.164 e. The van der Waals surface area contributed by atoms with Gasteiger partial charge in [-0.15, -0.1) is 0 Å². The van der Waals surface area contributed by atoms with Gasteiger partial charge in [-0.25, -0.2) is 0 Å². The Morgan fingerprint density at radius 3 is 2.55 bits per heavy atom. The molecule has 2 aliphatic carbocycles. The minimum atomic E-state index is 0.364. The number of ketones is 1. The average Bonchev–Trinajstić information content (AvgIpc) is 2.78. The van der Waals surface area contributed by atoms with Crippen molar-refractivity contribution < 1.29 is 4.79 Å². The van der Waals surface area contributed by atoms with Crippen LogP contribution in [0, 0.1) is 18.8 Å². The molecule has 0 atom stereocenters. The smallest absolute Gasteiger partial charge is 0.164 e. The van der Waals surface area contributed by atoms with Gasteiger partial charge in [0.1, 0.15) is 0 Å². The molecule has 0 spiro atoms. The van der Waals surface area contributed by atoms with Crippen molar-refractivity contribution in [1.82, 2.24) is 4.57 Å². The van der Waals surface area contributed by atoms with E-state index in [0.29, 0.717) is 5.78 Å². The Balaban J connectivity index is 1.73. The number of rotatable bonds is 3. The van der Waals surface area contributed by atoms with Gasteiger partial charge in [-0.05, 0) is 50.5 Å². The first kappa shape index (κ1) is 13.9. The fourth-order valence-corrected chi connectivity index (χ4v) is 4.13. The van der Waals surface area contributed by atoms with Crippen molar-refractivity contribution in [3.63, 3.8) is 0 Å². The molecule has 1 saturated carbocycles. The van der Waals surface area contributed by atoms with Gasteiger partial charge in [0.2, 0.25) is 0 Å². The number of Topliss-reactive ketones (excluding diaryl/α,β-unsaturated/α-hetero) is 1. The van der Waals surface area contributed by atoms with Gasteiger partial charge in [0.15, 0.2) is 5.78 Å². The maximum atomic E-state index is 12.0. The van der Waals surface area contributed by atoms with E-state index in [0.717, 1.165) is 43.2 Å². The van der Waals surface area contributed by atoms with E-state index in [1.54, 1.807) is 0 Å². The van der Waals surface area contributed by atoms with Gasteiger partial charge in [0, 0.05) is 29.9 Å². The van der Waals surface area contributed by atoms with Crippen LogP contribution in [0.4, 0.5) is 0 Å². The lowest BCUT2D eigenvalue weighted by atomic mass is 9.81. The van der Waals surface area contributed by atoms with Gasteiger partial charge in [-0.1, -0.05) is 26.2 Å². The molecule has 1 fully saturated rings. The van der Waals surface area contributed by atoms with Gasteiger partial charge in [0.05, 0.1) is 0 Å². The summed E-state index contributed by atoms with van der Waals surface area (Å²) in [6.07, 6.45) is 9.79. The Kier molecular flexibility index (Phi) is 4.00. The molecule has 0 bridgehead atoms. The van der Waals surface area contributed by atoms with Crippen LogP contribution in [0.25, 0.3) is 0 Å². The van der Waals surface area contributed by atoms with Crippen LogP contribution in [0.15, 0.2) is 6.07 Å². The predicted octanol–water partition coefficient (Wildman–Crippen LogP) is 4.53. The lowest BCUT2D eigenvalue weighted by molar-refractivity contribution is 0.0971. The van der Waals surface area contributed by atoms with Gasteiger partial charge >= 0.3 is 0 Å². The zero-order valence-corrected chi connectivity index (χ0v) is 13.0. The largest absolute Gasteiger partial charge is 0.348 e. The highest BCUT2D eigenvalue weighted by molar-refractivity contribution is 5.98. The molecule has 2 nitrogen and oxygen atoms in total. The number of fused-ring (bicyclic) bond motifs is 1. The molecule has 2 heteroatoms. The monoisotopic (exact) mass is 273 g/mol. The van der Waals surface area contributed by atoms with E-state index in [4.69, 9.17) is 0 Å². The number of aromatic nitrogens is 1. The summed E-state index contributed by atoms with van der Waals surface area (Å²) in [6, 6.07) is 2.13. The van der Waals surface area contributed by atoms with Crippen molar-refractivity contribution in [3.8, 4) is 0 Å². The van der Waals surface area contributed by atoms with Gasteiger partial charge in [-0.2, -0.15) is 0 Å². The highest BCUT2D eigenvalue weighted by atomic mass is 16.1. The fraction of sp³-hybridized carbons (Fsp3) is 0.722. The quantitative estimate of drug-likeness (QED) is 0.793. The van der Waals surface area contributed by atoms with Crippen molar-refractivity contribution in [2.75, 3.05) is 0 Å². The minimum Gasteiger partial charge on any atom is -0.348 e. The lowest BCUT2D eigenvalue weighted by Crippen LogP contribution is -2.21. The molecule has 1 heterocycles. The Morgan fingerprint density at radius 1 is 1.15 bits per heavy atom. The molecule has 2 aliphatic rings. The van der Waals surface area contributed by atoms with Crippen molar-refractivity contribution >= 4 is 5.78 Å². The van der Waals surface area contributed by atoms with E-state index in [2.05, 4.69) is 24.5 Å². The van der Waals surface area contributed by atoms with E-state index < -0.39 is 0 Å². The molecule has 0 aromatic carbocycles. The number of aryl methyl sites for hydroxylation is 1. The summed E-state index contributed by atoms with van der Waals surface area (Å²) in [6.45, 7) is 5.64. The summed E-state index contributed by atoms with van der Waals surface area (Å²) in [5.41, 5.74) is 3.65. The van der Waals surface area contributed by atoms with E-state index >= 15 is 0 Å². The van der Waals surface area contributed by atoms with Crippen LogP contribution in [0.2, 0.25) is 0 Å². The molecule has 0 aliphatic heterocycles. The average molecular weight is 273 g/mol. The number of nitrogens with zero attached hydrogens (tertiary/aromatic N) is 1. The van der Waals surface area contributed by atoms with Crippen molar-refractivity contribution in [2.45, 2.75) is 71.8 Å². The summed E-state index contributed by atoms with van der Waals surface area (Å²) in [4.78, 5) is 12.0. The summed E-state index contributed by atoms with van der Waals surface area (Å²) in [5.74, 6) is 2.15. The molecule has 0 N–H and O–H groups in total. The van der Waals surface area contributed by atoms with E-state index in [1.165, 1.54) is 43.5 Å². The first-order valence-corrected chi connectivity index (χ1v) is 8.41. The summed E-state index contributed by atoms with van der Waals surface area (Å²) < 4.78 is 2.46. The first-order chi connectivity index (χ1) is 9.69. The third kappa shape index (κ3) is 2.57. The molecule has 1 aromatic heterocycles. The summed E-state index contributed by atoms with van der Waals surface area (Å²) in [5, 5.41) is 0. The zero-order valence-electron chi connectivity index (χ0n) is 13.0. The van der Waals surface area contributed by atoms with Crippen LogP contribution in [0.5, 0.6) is 0 Å². The Morgan fingerprint density at radius 2 is 1.85 bits per heavy atom. The molecule has 0 amide bonds. The highest BCUT2D eigenvalue weighted by Crippen LogP contribution is 2.33. The highest BCUT2D eigenvalue weighted by Gasteiger charge is 2.25. The summed E-state index contributed by atoms with van der Waals surface area (Å²) >= 11 is 0. The van der Waals surface area contributed by atoms with Crippen LogP contribution in [-0.2, 0) is 13.0 Å². The van der Waals surface area contributed by atoms with Crippen molar-refractivity contribution in [1.29, 1.82) is 0 Å². The third-order valence-corrected chi connectivity index (χ3v) is 5.52. The molecule has 0 unspecified atom stereocenters. The lowest BCUT2D eigenvalue weighted by Gasteiger charge is -2.29. The van der Waals surface area contributed by atoms with Crippen molar-refractivity contribution in [3.05, 3.63) is 23.0 Å². The third-order valence-electron chi connectivity index (χ3n) is 5.52. The van der Waals surface area contributed by atoms with Crippen LogP contribution < -0.4 is 0 Å². The van der Waals surface area contributed by atoms with E-state index in [-0.39, 0.29) is 0 Å². The molecule has 0 radical (unpaired) electrons. The molecule has 110 valence electrons. The normalized spacial score (nSPS) is 26.6. The SMILES string of the molecule is CCC1CCC(Cn2c(C)cc3c2CCCC3=O)CC1. The molecule has 3 rings (SSSR count). The fourth-order valence-electron chi connectivity index (χ4n) is 4.13. The second kappa shape index (κ2) is 5.75. The second-order valence-corrected chi connectivity index (χ2v) is 6.83. The van der Waals surface area contributed by atoms with Crippen LogP contribution in [-0.4, -0.2) is 10.4 Å². The molecule has 0 saturated heterocycles. The Labute approximate surface area is 122 Å². The van der Waals surface area contributed by atoms with E-state index in [1.807, 2.05) is 0 Å². The van der Waals surface area contributed by atoms with Crippen LogP contribution in [0.3, 0.4) is 0 Å². The maximum absolute atomic E-state index is 12.0. The molecular formula is C18H27NO. The Hall–Kier alpha value is -1.05. The van der Waals surface area contributed by atoms with E-state index in [9.17, 15) is 4.79 Å². The van der Waals surface area contributed by atoms with Crippen LogP contribution >= 0.6 is 0 Å². The molecular weight excluding hydrogens is 246 g/mol. The number of hydrogen-bond acceptors (Lipinski definition) is 1. The first-order valence-electron chi connectivity index (χ1n) is 8.41. The number of carbonyl (C=O) groups excluding carboxylic acids is 1. The van der Waals surface area contributed by atoms with Crippen molar-refractivity contribution in [2.24, 2.45) is 11.8 Å².